The fourth-order valence-corrected chi connectivity index (χ4v) is 5.82. The Morgan fingerprint density at radius 2 is 1.95 bits per heavy atom. The first-order chi connectivity index (χ1) is 10.5. The molecule has 1 heterocycles. The van der Waals surface area contributed by atoms with E-state index in [4.69, 9.17) is 0 Å². The molecule has 1 aliphatic heterocycles. The quantitative estimate of drug-likeness (QED) is 0.841. The molecule has 0 bridgehead atoms. The van der Waals surface area contributed by atoms with Crippen molar-refractivity contribution in [3.63, 3.8) is 0 Å². The molecule has 0 amide bonds. The van der Waals surface area contributed by atoms with Gasteiger partial charge in [0.1, 0.15) is 5.82 Å². The van der Waals surface area contributed by atoms with E-state index in [-0.39, 0.29) is 10.7 Å². The van der Waals surface area contributed by atoms with Gasteiger partial charge in [-0.1, -0.05) is 24.3 Å². The molecule has 1 N–H and O–H groups in total. The third-order valence-corrected chi connectivity index (χ3v) is 7.09. The highest BCUT2D eigenvalue weighted by Gasteiger charge is 2.28. The summed E-state index contributed by atoms with van der Waals surface area (Å²) in [5.74, 6) is 0.379. The second-order valence-corrected chi connectivity index (χ2v) is 8.54. The minimum atomic E-state index is -3.67. The molecule has 2 aromatic carbocycles. The third-order valence-electron chi connectivity index (χ3n) is 3.45. The molecule has 1 aliphatic rings. The summed E-state index contributed by atoms with van der Waals surface area (Å²) in [4.78, 5) is 0.722. The van der Waals surface area contributed by atoms with E-state index in [1.54, 1.807) is 30.3 Å². The lowest BCUT2D eigenvalue weighted by atomic mass is 10.0. The van der Waals surface area contributed by atoms with Crippen molar-refractivity contribution in [3.05, 3.63) is 58.3 Å². The van der Waals surface area contributed by atoms with E-state index in [9.17, 15) is 12.8 Å². The van der Waals surface area contributed by atoms with Crippen molar-refractivity contribution < 1.29 is 12.8 Å². The topological polar surface area (TPSA) is 46.2 Å². The highest BCUT2D eigenvalue weighted by atomic mass is 79.9. The first kappa shape index (κ1) is 16.0. The molecular weight excluding hydrogens is 389 g/mol. The van der Waals surface area contributed by atoms with Crippen LogP contribution >= 0.6 is 27.7 Å². The number of fused-ring (bicyclic) bond motifs is 1. The van der Waals surface area contributed by atoms with E-state index >= 15 is 0 Å². The molecule has 0 saturated carbocycles. The molecule has 116 valence electrons. The highest BCUT2D eigenvalue weighted by molar-refractivity contribution is 9.10. The van der Waals surface area contributed by atoms with Crippen molar-refractivity contribution in [2.24, 2.45) is 0 Å². The predicted octanol–water partition coefficient (Wildman–Crippen LogP) is 4.10. The number of nitrogens with one attached hydrogen (secondary N) is 1. The predicted molar refractivity (Wildman–Crippen MR) is 88.9 cm³/mol. The highest BCUT2D eigenvalue weighted by Crippen LogP contribution is 2.38. The van der Waals surface area contributed by atoms with E-state index in [1.165, 1.54) is 23.9 Å². The number of benzene rings is 2. The van der Waals surface area contributed by atoms with E-state index in [0.717, 1.165) is 0 Å². The maximum absolute atomic E-state index is 13.9. The maximum atomic E-state index is 13.9. The van der Waals surface area contributed by atoms with Gasteiger partial charge in [-0.3, -0.25) is 0 Å². The average Bonchev–Trinajstić information content (AvgIpc) is 2.48. The zero-order chi connectivity index (χ0) is 15.7. The molecular formula is C15H13BrFNO2S2. The van der Waals surface area contributed by atoms with Crippen LogP contribution in [0.3, 0.4) is 0 Å². The zero-order valence-electron chi connectivity index (χ0n) is 11.4. The Labute approximate surface area is 141 Å². The normalized spacial score (nSPS) is 18.0. The van der Waals surface area contributed by atoms with Gasteiger partial charge in [0.25, 0.3) is 0 Å². The van der Waals surface area contributed by atoms with Crippen LogP contribution in [0.15, 0.2) is 56.7 Å². The molecule has 0 aliphatic carbocycles. The molecule has 0 fully saturated rings. The molecule has 1 atom stereocenters. The summed E-state index contributed by atoms with van der Waals surface area (Å²) < 4.78 is 42.2. The Kier molecular flexibility index (Phi) is 4.59. The summed E-state index contributed by atoms with van der Waals surface area (Å²) in [6, 6.07) is 11.0. The van der Waals surface area contributed by atoms with Crippen molar-refractivity contribution in [2.75, 3.05) is 5.75 Å². The summed E-state index contributed by atoms with van der Waals surface area (Å²) in [5, 5.41) is 0. The Morgan fingerprint density at radius 1 is 1.18 bits per heavy atom. The second-order valence-electron chi connectivity index (χ2n) is 4.90. The van der Waals surface area contributed by atoms with Gasteiger partial charge in [0, 0.05) is 15.4 Å². The van der Waals surface area contributed by atoms with Crippen molar-refractivity contribution in [2.45, 2.75) is 22.3 Å². The minimum Gasteiger partial charge on any atom is -0.207 e. The number of hydrogen-bond donors (Lipinski definition) is 1. The van der Waals surface area contributed by atoms with E-state index in [1.807, 2.05) is 0 Å². The van der Waals surface area contributed by atoms with Crippen LogP contribution in [0.25, 0.3) is 0 Å². The number of thioether (sulfide) groups is 1. The average molecular weight is 402 g/mol. The van der Waals surface area contributed by atoms with Crippen molar-refractivity contribution in [3.8, 4) is 0 Å². The number of sulfonamides is 1. The number of halogens is 2. The Bertz CT molecular complexity index is 811. The summed E-state index contributed by atoms with van der Waals surface area (Å²) >= 11 is 4.68. The SMILES string of the molecule is O=S(=O)(NC1CCSc2c(F)cccc21)c1ccccc1Br. The Hall–Kier alpha value is -0.890. The molecule has 0 aromatic heterocycles. The standard InChI is InChI=1S/C15H13BrFNO2S2/c16-11-5-1-2-7-14(11)22(19,20)18-13-8-9-21-15-10(13)4-3-6-12(15)17/h1-7,13,18H,8-9H2. The van der Waals surface area contributed by atoms with Gasteiger partial charge in [0.2, 0.25) is 10.0 Å². The summed E-state index contributed by atoms with van der Waals surface area (Å²) in [6.45, 7) is 0. The van der Waals surface area contributed by atoms with Crippen LogP contribution < -0.4 is 4.72 Å². The lowest BCUT2D eigenvalue weighted by Crippen LogP contribution is -2.31. The zero-order valence-corrected chi connectivity index (χ0v) is 14.6. The first-order valence-corrected chi connectivity index (χ1v) is 9.93. The second kappa shape index (κ2) is 6.31. The van der Waals surface area contributed by atoms with Crippen molar-refractivity contribution in [1.29, 1.82) is 0 Å². The molecule has 0 radical (unpaired) electrons. The fourth-order valence-electron chi connectivity index (χ4n) is 2.42. The molecule has 7 heteroatoms. The van der Waals surface area contributed by atoms with Crippen LogP contribution in [0.5, 0.6) is 0 Å². The van der Waals surface area contributed by atoms with Gasteiger partial charge in [-0.2, -0.15) is 0 Å². The van der Waals surface area contributed by atoms with Crippen molar-refractivity contribution >= 4 is 37.7 Å². The summed E-state index contributed by atoms with van der Waals surface area (Å²) in [5.41, 5.74) is 0.701. The van der Waals surface area contributed by atoms with E-state index in [0.29, 0.717) is 27.1 Å². The fraction of sp³-hybridized carbons (Fsp3) is 0.200. The van der Waals surface area contributed by atoms with E-state index in [2.05, 4.69) is 20.7 Å². The van der Waals surface area contributed by atoms with Gasteiger partial charge in [-0.25, -0.2) is 17.5 Å². The summed E-state index contributed by atoms with van der Waals surface area (Å²) in [7, 11) is -3.67. The van der Waals surface area contributed by atoms with Crippen LogP contribution in [-0.2, 0) is 10.0 Å². The van der Waals surface area contributed by atoms with Crippen LogP contribution in [0, 0.1) is 5.82 Å². The van der Waals surface area contributed by atoms with Gasteiger partial charge >= 0.3 is 0 Å². The molecule has 3 nitrogen and oxygen atoms in total. The molecule has 3 rings (SSSR count). The van der Waals surface area contributed by atoms with Crippen molar-refractivity contribution in [1.82, 2.24) is 4.72 Å². The number of hydrogen-bond acceptors (Lipinski definition) is 3. The largest absolute Gasteiger partial charge is 0.242 e. The van der Waals surface area contributed by atoms with Crippen LogP contribution in [0.1, 0.15) is 18.0 Å². The summed E-state index contributed by atoms with van der Waals surface area (Å²) in [6.07, 6.45) is 0.630. The smallest absolute Gasteiger partial charge is 0.207 e. The van der Waals surface area contributed by atoms with Gasteiger partial charge in [-0.05, 0) is 51.9 Å². The lowest BCUT2D eigenvalue weighted by Gasteiger charge is -2.26. The van der Waals surface area contributed by atoms with E-state index < -0.39 is 16.1 Å². The van der Waals surface area contributed by atoms with Crippen LogP contribution in [0.2, 0.25) is 0 Å². The maximum Gasteiger partial charge on any atom is 0.242 e. The molecule has 0 saturated heterocycles. The van der Waals surface area contributed by atoms with Crippen LogP contribution in [0.4, 0.5) is 4.39 Å². The monoisotopic (exact) mass is 401 g/mol. The van der Waals surface area contributed by atoms with Gasteiger partial charge in [0.15, 0.2) is 0 Å². The Balaban J connectivity index is 1.95. The molecule has 2 aromatic rings. The van der Waals surface area contributed by atoms with Gasteiger partial charge in [-0.15, -0.1) is 11.8 Å². The molecule has 1 unspecified atom stereocenters. The number of rotatable bonds is 3. The Morgan fingerprint density at radius 3 is 2.73 bits per heavy atom. The van der Waals surface area contributed by atoms with Crippen LogP contribution in [-0.4, -0.2) is 14.2 Å². The first-order valence-electron chi connectivity index (χ1n) is 6.67. The molecule has 0 spiro atoms. The van der Waals surface area contributed by atoms with Gasteiger partial charge in [0.05, 0.1) is 4.90 Å². The molecule has 22 heavy (non-hydrogen) atoms. The lowest BCUT2D eigenvalue weighted by molar-refractivity contribution is 0.533. The third kappa shape index (κ3) is 3.08. The minimum absolute atomic E-state index is 0.186. The van der Waals surface area contributed by atoms with Gasteiger partial charge < -0.3 is 0 Å².